The summed E-state index contributed by atoms with van der Waals surface area (Å²) in [5.74, 6) is -0.107. The molecule has 1 aromatic heterocycles. The number of rotatable bonds is 1. The molecule has 0 aliphatic heterocycles. The van der Waals surface area contributed by atoms with Gasteiger partial charge < -0.3 is 0 Å². The molecule has 0 saturated carbocycles. The van der Waals surface area contributed by atoms with Crippen molar-refractivity contribution >= 4 is 13.3 Å². The average molecular weight is 225 g/mol. The number of aryl methyl sites for hydroxylation is 1. The van der Waals surface area contributed by atoms with Crippen molar-refractivity contribution in [2.45, 2.75) is 45.8 Å². The van der Waals surface area contributed by atoms with Gasteiger partial charge in [-0.15, -0.1) is 0 Å². The molecule has 0 unspecified atom stereocenters. The summed E-state index contributed by atoms with van der Waals surface area (Å²) in [7, 11) is -1.77. The zero-order valence-electron chi connectivity index (χ0n) is 10.5. The average Bonchev–Trinajstić information content (AvgIpc) is 2.07. The molecule has 0 aromatic carbocycles. The normalized spacial score (nSPS) is 13.0. The maximum atomic E-state index is 14.0. The van der Waals surface area contributed by atoms with Crippen molar-refractivity contribution in [1.82, 2.24) is 4.98 Å². The van der Waals surface area contributed by atoms with Gasteiger partial charge in [-0.25, -0.2) is 4.39 Å². The lowest BCUT2D eigenvalue weighted by Crippen LogP contribution is -2.51. The van der Waals surface area contributed by atoms with Gasteiger partial charge in [0.15, 0.2) is 0 Å². The summed E-state index contributed by atoms with van der Waals surface area (Å²) in [6.45, 7) is 12.7. The van der Waals surface area contributed by atoms with Gasteiger partial charge in [0.05, 0.1) is 13.8 Å². The Hall–Kier alpha value is -0.703. The van der Waals surface area contributed by atoms with Gasteiger partial charge >= 0.3 is 0 Å². The lowest BCUT2D eigenvalue weighted by atomic mass is 10.2. The molecule has 1 nitrogen and oxygen atoms in total. The number of hydrogen-bond donors (Lipinski definition) is 0. The van der Waals surface area contributed by atoms with E-state index in [1.165, 1.54) is 0 Å². The van der Waals surface area contributed by atoms with E-state index in [1.54, 1.807) is 13.1 Å². The number of halogens is 1. The standard InChI is InChI=1S/C12H20FNSi/c1-9-11(13)10(7-8-14-9)15(5,6)12(2,3)4/h7-8H,1-6H3. The highest BCUT2D eigenvalue weighted by Gasteiger charge is 2.39. The van der Waals surface area contributed by atoms with Gasteiger partial charge in [-0.05, 0) is 23.2 Å². The second-order valence-corrected chi connectivity index (χ2v) is 10.9. The van der Waals surface area contributed by atoms with Crippen LogP contribution in [0.25, 0.3) is 0 Å². The molecule has 0 aliphatic carbocycles. The molecule has 84 valence electrons. The van der Waals surface area contributed by atoms with Crippen LogP contribution in [0.1, 0.15) is 26.5 Å². The third-order valence-electron chi connectivity index (χ3n) is 3.61. The number of nitrogens with zero attached hydrogens (tertiary/aromatic N) is 1. The van der Waals surface area contributed by atoms with Crippen LogP contribution < -0.4 is 5.19 Å². The zero-order chi connectivity index (χ0) is 11.9. The van der Waals surface area contributed by atoms with Crippen LogP contribution >= 0.6 is 0 Å². The fraction of sp³-hybridized carbons (Fsp3) is 0.583. The van der Waals surface area contributed by atoms with Crippen LogP contribution in [0, 0.1) is 12.7 Å². The third-order valence-corrected chi connectivity index (χ3v) is 9.09. The first-order valence-corrected chi connectivity index (χ1v) is 8.29. The first-order valence-electron chi connectivity index (χ1n) is 5.29. The predicted molar refractivity (Wildman–Crippen MR) is 65.8 cm³/mol. The molecule has 0 atom stereocenters. The van der Waals surface area contributed by atoms with E-state index in [-0.39, 0.29) is 10.9 Å². The Balaban J connectivity index is 3.34. The maximum Gasteiger partial charge on any atom is 0.143 e. The van der Waals surface area contributed by atoms with Crippen molar-refractivity contribution < 1.29 is 4.39 Å². The summed E-state index contributed by atoms with van der Waals surface area (Å²) in [6, 6.07) is 1.85. The van der Waals surface area contributed by atoms with Crippen molar-refractivity contribution in [2.24, 2.45) is 0 Å². The highest BCUT2D eigenvalue weighted by atomic mass is 28.3. The van der Waals surface area contributed by atoms with Crippen LogP contribution in [0.15, 0.2) is 12.3 Å². The van der Waals surface area contributed by atoms with E-state index in [1.807, 2.05) is 6.07 Å². The monoisotopic (exact) mass is 225 g/mol. The van der Waals surface area contributed by atoms with E-state index >= 15 is 0 Å². The molecule has 0 N–H and O–H groups in total. The Labute approximate surface area is 92.8 Å². The summed E-state index contributed by atoms with van der Waals surface area (Å²) in [4.78, 5) is 3.98. The minimum Gasteiger partial charge on any atom is -0.259 e. The molecule has 1 aromatic rings. The van der Waals surface area contributed by atoms with Crippen molar-refractivity contribution in [3.63, 3.8) is 0 Å². The van der Waals surface area contributed by atoms with Gasteiger partial charge in [0, 0.05) is 6.20 Å². The smallest absolute Gasteiger partial charge is 0.143 e. The Morgan fingerprint density at radius 1 is 1.27 bits per heavy atom. The van der Waals surface area contributed by atoms with Crippen molar-refractivity contribution in [1.29, 1.82) is 0 Å². The molecule has 0 bridgehead atoms. The fourth-order valence-electron chi connectivity index (χ4n) is 1.44. The minimum atomic E-state index is -1.77. The number of hydrogen-bond acceptors (Lipinski definition) is 1. The Morgan fingerprint density at radius 3 is 2.27 bits per heavy atom. The summed E-state index contributed by atoms with van der Waals surface area (Å²) < 4.78 is 14.0. The highest BCUT2D eigenvalue weighted by Crippen LogP contribution is 2.35. The van der Waals surface area contributed by atoms with Gasteiger partial charge in [-0.1, -0.05) is 33.9 Å². The lowest BCUT2D eigenvalue weighted by molar-refractivity contribution is 0.614. The molecule has 15 heavy (non-hydrogen) atoms. The summed E-state index contributed by atoms with van der Waals surface area (Å²) in [5, 5.41) is 1.05. The molecule has 1 heterocycles. The summed E-state index contributed by atoms with van der Waals surface area (Å²) in [5.41, 5.74) is 0.511. The van der Waals surface area contributed by atoms with Gasteiger partial charge in [0.1, 0.15) is 5.82 Å². The summed E-state index contributed by atoms with van der Waals surface area (Å²) in [6.07, 6.45) is 1.72. The SMILES string of the molecule is Cc1nccc([Si](C)(C)C(C)(C)C)c1F. The molecule has 0 fully saturated rings. The van der Waals surface area contributed by atoms with Crippen LogP contribution in [0.2, 0.25) is 18.1 Å². The Kier molecular flexibility index (Phi) is 3.05. The van der Waals surface area contributed by atoms with Crippen molar-refractivity contribution in [2.75, 3.05) is 0 Å². The van der Waals surface area contributed by atoms with Crippen LogP contribution in [0.5, 0.6) is 0 Å². The number of aromatic nitrogens is 1. The first-order chi connectivity index (χ1) is 6.68. The molecule has 0 aliphatic rings. The van der Waals surface area contributed by atoms with E-state index in [0.717, 1.165) is 5.19 Å². The van der Waals surface area contributed by atoms with E-state index in [4.69, 9.17) is 0 Å². The van der Waals surface area contributed by atoms with E-state index < -0.39 is 8.07 Å². The highest BCUT2D eigenvalue weighted by molar-refractivity contribution is 6.92. The number of pyridine rings is 1. The van der Waals surface area contributed by atoms with Gasteiger partial charge in [0.2, 0.25) is 0 Å². The van der Waals surface area contributed by atoms with Gasteiger partial charge in [-0.2, -0.15) is 0 Å². The maximum absolute atomic E-state index is 14.0. The van der Waals surface area contributed by atoms with Crippen molar-refractivity contribution in [3.8, 4) is 0 Å². The molecular formula is C12H20FNSi. The van der Waals surface area contributed by atoms with E-state index in [0.29, 0.717) is 5.69 Å². The first kappa shape index (κ1) is 12.4. The zero-order valence-corrected chi connectivity index (χ0v) is 11.5. The van der Waals surface area contributed by atoms with E-state index in [2.05, 4.69) is 38.8 Å². The second kappa shape index (κ2) is 3.70. The second-order valence-electron chi connectivity index (χ2n) is 5.63. The summed E-state index contributed by atoms with van der Waals surface area (Å²) >= 11 is 0. The molecule has 0 amide bonds. The topological polar surface area (TPSA) is 12.9 Å². The van der Waals surface area contributed by atoms with E-state index in [9.17, 15) is 4.39 Å². The molecule has 0 radical (unpaired) electrons. The van der Waals surface area contributed by atoms with Gasteiger partial charge in [0.25, 0.3) is 0 Å². The predicted octanol–water partition coefficient (Wildman–Crippen LogP) is 3.24. The van der Waals surface area contributed by atoms with Crippen LogP contribution in [0.4, 0.5) is 4.39 Å². The lowest BCUT2D eigenvalue weighted by Gasteiger charge is -2.37. The largest absolute Gasteiger partial charge is 0.259 e. The third kappa shape index (κ3) is 2.12. The molecule has 1 rings (SSSR count). The van der Waals surface area contributed by atoms with Crippen LogP contribution in [0.3, 0.4) is 0 Å². The molecular weight excluding hydrogens is 205 g/mol. The van der Waals surface area contributed by atoms with Crippen LogP contribution in [-0.2, 0) is 0 Å². The quantitative estimate of drug-likeness (QED) is 0.669. The Morgan fingerprint density at radius 2 is 1.80 bits per heavy atom. The van der Waals surface area contributed by atoms with Crippen molar-refractivity contribution in [3.05, 3.63) is 23.8 Å². The Bertz CT molecular complexity index is 366. The minimum absolute atomic E-state index is 0.107. The molecule has 0 spiro atoms. The molecule has 3 heteroatoms. The van der Waals surface area contributed by atoms with Crippen LogP contribution in [-0.4, -0.2) is 13.1 Å². The molecule has 0 saturated heterocycles. The fourth-order valence-corrected chi connectivity index (χ4v) is 3.46. The van der Waals surface area contributed by atoms with Gasteiger partial charge in [-0.3, -0.25) is 4.98 Å².